The Bertz CT molecular complexity index is 1520. The largest absolute Gasteiger partial charge is 0.497 e. The normalized spacial score (nSPS) is 11.3. The van der Waals surface area contributed by atoms with Crippen LogP contribution in [0.25, 0.3) is 22.7 Å². The number of aryl methyl sites for hydroxylation is 1. The van der Waals surface area contributed by atoms with Gasteiger partial charge in [0.1, 0.15) is 10.8 Å². The molecule has 0 aliphatic rings. The number of nitrogens with zero attached hydrogens (tertiary/aromatic N) is 3. The number of aromatic nitrogens is 3. The molecular weight excluding hydrogens is 454 g/mol. The third-order valence-corrected chi connectivity index (χ3v) is 6.78. The molecule has 2 heterocycles. The summed E-state index contributed by atoms with van der Waals surface area (Å²) in [6.07, 6.45) is 5.27. The molecule has 0 aliphatic carbocycles. The van der Waals surface area contributed by atoms with Crippen LogP contribution in [0, 0.1) is 6.92 Å². The van der Waals surface area contributed by atoms with E-state index in [1.165, 1.54) is 0 Å². The Balaban J connectivity index is 1.57. The number of hydrogen-bond acceptors (Lipinski definition) is 5. The van der Waals surface area contributed by atoms with E-state index in [2.05, 4.69) is 23.2 Å². The minimum absolute atomic E-state index is 0.0812. The number of carbonyl (C=O) groups is 1. The molecule has 35 heavy (non-hydrogen) atoms. The van der Waals surface area contributed by atoms with Crippen LogP contribution in [0.3, 0.4) is 0 Å². The second kappa shape index (κ2) is 9.99. The maximum absolute atomic E-state index is 12.9. The van der Waals surface area contributed by atoms with E-state index in [0.29, 0.717) is 11.3 Å². The van der Waals surface area contributed by atoms with Gasteiger partial charge < -0.3 is 4.74 Å². The highest BCUT2D eigenvalue weighted by Gasteiger charge is 2.18. The summed E-state index contributed by atoms with van der Waals surface area (Å²) in [5.41, 5.74) is 4.22. The molecule has 2 aromatic heterocycles. The minimum atomic E-state index is -0.0812. The third-order valence-electron chi connectivity index (χ3n) is 5.64. The fourth-order valence-corrected chi connectivity index (χ4v) is 5.01. The van der Waals surface area contributed by atoms with E-state index in [1.54, 1.807) is 55.4 Å². The van der Waals surface area contributed by atoms with Crippen LogP contribution in [0.1, 0.15) is 21.6 Å². The van der Waals surface area contributed by atoms with Crippen molar-refractivity contribution in [2.75, 3.05) is 7.11 Å². The summed E-state index contributed by atoms with van der Waals surface area (Å²) in [6.45, 7) is 1.96. The number of pyridine rings is 1. The first-order chi connectivity index (χ1) is 17.1. The van der Waals surface area contributed by atoms with Gasteiger partial charge in [-0.25, -0.2) is 4.68 Å². The van der Waals surface area contributed by atoms with E-state index in [4.69, 9.17) is 9.84 Å². The summed E-state index contributed by atoms with van der Waals surface area (Å²) in [5.74, 6) is 0.634. The van der Waals surface area contributed by atoms with Crippen molar-refractivity contribution in [3.05, 3.63) is 114 Å². The minimum Gasteiger partial charge on any atom is -0.497 e. The molecule has 3 aromatic carbocycles. The molecule has 0 aliphatic heterocycles. The van der Waals surface area contributed by atoms with Crippen molar-refractivity contribution in [3.63, 3.8) is 0 Å². The van der Waals surface area contributed by atoms with E-state index in [-0.39, 0.29) is 5.78 Å². The van der Waals surface area contributed by atoms with Gasteiger partial charge in [-0.2, -0.15) is 5.10 Å². The van der Waals surface area contributed by atoms with Gasteiger partial charge >= 0.3 is 0 Å². The van der Waals surface area contributed by atoms with Crippen molar-refractivity contribution in [3.8, 4) is 11.4 Å². The number of hydrogen-bond donors (Lipinski definition) is 0. The van der Waals surface area contributed by atoms with Crippen LogP contribution < -0.4 is 4.74 Å². The molecule has 0 fully saturated rings. The second-order valence-electron chi connectivity index (χ2n) is 7.91. The quantitative estimate of drug-likeness (QED) is 0.191. The molecule has 172 valence electrons. The van der Waals surface area contributed by atoms with Crippen LogP contribution in [0.5, 0.6) is 5.75 Å². The number of ketones is 1. The Kier molecular flexibility index (Phi) is 6.46. The summed E-state index contributed by atoms with van der Waals surface area (Å²) in [7, 11) is 1.61. The van der Waals surface area contributed by atoms with Crippen LogP contribution >= 0.6 is 11.8 Å². The van der Waals surface area contributed by atoms with Gasteiger partial charge in [0, 0.05) is 27.6 Å². The Hall–Kier alpha value is -4.16. The van der Waals surface area contributed by atoms with E-state index in [1.807, 2.05) is 60.1 Å². The van der Waals surface area contributed by atoms with Gasteiger partial charge in [0.25, 0.3) is 0 Å². The summed E-state index contributed by atoms with van der Waals surface area (Å²) < 4.78 is 7.12. The van der Waals surface area contributed by atoms with Crippen molar-refractivity contribution in [1.29, 1.82) is 0 Å². The molecule has 0 amide bonds. The number of rotatable bonds is 7. The standard InChI is InChI=1S/C29H23N3O2S/c1-20-25(17-18-26(33)21-13-15-24(34-2)16-14-21)29(32(31-20)23-10-4-3-5-11-23)35-27-12-6-8-22-9-7-19-30-28(22)27/h3-19H,1-2H3/b18-17+. The molecule has 0 N–H and O–H groups in total. The molecule has 0 bridgehead atoms. The number of carbonyl (C=O) groups excluding carboxylic acids is 1. The van der Waals surface area contributed by atoms with Crippen LogP contribution in [-0.4, -0.2) is 27.7 Å². The van der Waals surface area contributed by atoms with Gasteiger partial charge in [0.05, 0.1) is 24.0 Å². The van der Waals surface area contributed by atoms with E-state index in [9.17, 15) is 4.79 Å². The lowest BCUT2D eigenvalue weighted by atomic mass is 10.1. The number of para-hydroxylation sites is 2. The smallest absolute Gasteiger partial charge is 0.185 e. The average Bonchev–Trinajstić information content (AvgIpc) is 3.22. The van der Waals surface area contributed by atoms with Gasteiger partial charge in [-0.3, -0.25) is 9.78 Å². The van der Waals surface area contributed by atoms with Crippen molar-refractivity contribution < 1.29 is 9.53 Å². The SMILES string of the molecule is COc1ccc(C(=O)/C=C/c2c(C)nn(-c3ccccc3)c2Sc2cccc3cccnc23)cc1. The zero-order valence-electron chi connectivity index (χ0n) is 19.4. The summed E-state index contributed by atoms with van der Waals surface area (Å²) in [6, 6.07) is 27.3. The van der Waals surface area contributed by atoms with Crippen molar-refractivity contribution >= 4 is 34.5 Å². The maximum atomic E-state index is 12.9. The summed E-state index contributed by atoms with van der Waals surface area (Å²) in [4.78, 5) is 18.5. The Morgan fingerprint density at radius 3 is 2.49 bits per heavy atom. The number of allylic oxidation sites excluding steroid dienone is 1. The number of fused-ring (bicyclic) bond motifs is 1. The van der Waals surface area contributed by atoms with Gasteiger partial charge in [-0.1, -0.05) is 48.2 Å². The highest BCUT2D eigenvalue weighted by atomic mass is 32.2. The monoisotopic (exact) mass is 477 g/mol. The van der Waals surface area contributed by atoms with Gasteiger partial charge in [0.15, 0.2) is 5.78 Å². The fourth-order valence-electron chi connectivity index (χ4n) is 3.83. The molecule has 5 aromatic rings. The number of methoxy groups -OCH3 is 1. The van der Waals surface area contributed by atoms with Crippen LogP contribution in [0.2, 0.25) is 0 Å². The highest BCUT2D eigenvalue weighted by molar-refractivity contribution is 7.99. The van der Waals surface area contributed by atoms with Crippen molar-refractivity contribution in [2.24, 2.45) is 0 Å². The molecule has 0 radical (unpaired) electrons. The van der Waals surface area contributed by atoms with Gasteiger partial charge in [-0.15, -0.1) is 0 Å². The maximum Gasteiger partial charge on any atom is 0.185 e. The first kappa shape index (κ1) is 22.6. The molecule has 5 rings (SSSR count). The fraction of sp³-hybridized carbons (Fsp3) is 0.0690. The van der Waals surface area contributed by atoms with E-state index < -0.39 is 0 Å². The lowest BCUT2D eigenvalue weighted by molar-refractivity contribution is 0.104. The highest BCUT2D eigenvalue weighted by Crippen LogP contribution is 2.37. The molecule has 6 heteroatoms. The van der Waals surface area contributed by atoms with E-state index in [0.717, 1.165) is 37.8 Å². The predicted octanol–water partition coefficient (Wildman–Crippen LogP) is 6.78. The predicted molar refractivity (Wildman–Crippen MR) is 141 cm³/mol. The zero-order chi connectivity index (χ0) is 24.2. The summed E-state index contributed by atoms with van der Waals surface area (Å²) in [5, 5.41) is 6.82. The van der Waals surface area contributed by atoms with Crippen molar-refractivity contribution in [1.82, 2.24) is 14.8 Å². The van der Waals surface area contributed by atoms with Crippen molar-refractivity contribution in [2.45, 2.75) is 16.8 Å². The van der Waals surface area contributed by atoms with Gasteiger partial charge in [-0.05, 0) is 67.6 Å². The molecule has 0 atom stereocenters. The zero-order valence-corrected chi connectivity index (χ0v) is 20.2. The molecular formula is C29H23N3O2S. The third kappa shape index (κ3) is 4.74. The van der Waals surface area contributed by atoms with Crippen LogP contribution in [0.15, 0.2) is 107 Å². The number of benzene rings is 3. The second-order valence-corrected chi connectivity index (χ2v) is 8.94. The number of ether oxygens (including phenoxy) is 1. The first-order valence-corrected chi connectivity index (χ1v) is 12.0. The Morgan fingerprint density at radius 2 is 1.71 bits per heavy atom. The summed E-state index contributed by atoms with van der Waals surface area (Å²) >= 11 is 1.60. The molecule has 0 saturated carbocycles. The van der Waals surface area contributed by atoms with Crippen LogP contribution in [0.4, 0.5) is 0 Å². The molecule has 0 spiro atoms. The van der Waals surface area contributed by atoms with E-state index >= 15 is 0 Å². The lowest BCUT2D eigenvalue weighted by Crippen LogP contribution is -1.98. The average molecular weight is 478 g/mol. The lowest BCUT2D eigenvalue weighted by Gasteiger charge is -2.10. The molecule has 5 nitrogen and oxygen atoms in total. The molecule has 0 saturated heterocycles. The Labute approximate surface area is 208 Å². The Morgan fingerprint density at radius 1 is 0.943 bits per heavy atom. The molecule has 0 unspecified atom stereocenters. The topological polar surface area (TPSA) is 57.0 Å². The van der Waals surface area contributed by atoms with Gasteiger partial charge in [0.2, 0.25) is 0 Å². The van der Waals surface area contributed by atoms with Crippen LogP contribution in [-0.2, 0) is 0 Å². The first-order valence-electron chi connectivity index (χ1n) is 11.2.